The average Bonchev–Trinajstić information content (AvgIpc) is 1.97. The van der Waals surface area contributed by atoms with Gasteiger partial charge in [0.1, 0.15) is 0 Å². The molecule has 6 heteroatoms. The Labute approximate surface area is 98.8 Å². The van der Waals surface area contributed by atoms with Crippen LogP contribution in [-0.4, -0.2) is 12.4 Å². The summed E-state index contributed by atoms with van der Waals surface area (Å²) in [7, 11) is 0. The van der Waals surface area contributed by atoms with Crippen LogP contribution in [0.2, 0.25) is 0 Å². The van der Waals surface area contributed by atoms with Crippen molar-refractivity contribution >= 4 is 18.2 Å². The Kier molecular flexibility index (Phi) is 11.0. The molecule has 1 atom stereocenters. The molecule has 0 aromatic carbocycles. The van der Waals surface area contributed by atoms with Crippen LogP contribution >= 0.6 is 18.2 Å². The minimum Gasteiger partial charge on any atom is -0.770 e. The van der Waals surface area contributed by atoms with Gasteiger partial charge in [0.15, 0.2) is 6.80 Å². The van der Waals surface area contributed by atoms with Crippen molar-refractivity contribution < 1.29 is 43.5 Å². The molecule has 0 fully saturated rings. The molecule has 0 saturated carbocycles. The molecule has 0 amide bonds. The molecule has 0 N–H and O–H groups in total. The van der Waals surface area contributed by atoms with E-state index in [1.54, 1.807) is 0 Å². The molecule has 0 rings (SSSR count). The molecule has 12 heavy (non-hydrogen) atoms. The Hall–Kier alpha value is 0.980. The predicted molar refractivity (Wildman–Crippen MR) is 46.4 cm³/mol. The van der Waals surface area contributed by atoms with Crippen LogP contribution in [0.3, 0.4) is 0 Å². The van der Waals surface area contributed by atoms with E-state index in [2.05, 4.69) is 17.7 Å². The van der Waals surface area contributed by atoms with Crippen LogP contribution in [-0.2, 0) is 9.09 Å². The zero-order chi connectivity index (χ0) is 8.74. The van der Waals surface area contributed by atoms with Crippen LogP contribution in [0.15, 0.2) is 25.3 Å². The summed E-state index contributed by atoms with van der Waals surface area (Å²) < 4.78 is 15.3. The molecular formula is C6H10NaO3PS. The van der Waals surface area contributed by atoms with Crippen LogP contribution in [0.25, 0.3) is 0 Å². The van der Waals surface area contributed by atoms with E-state index in [0.717, 1.165) is 11.4 Å². The van der Waals surface area contributed by atoms with E-state index in [1.807, 2.05) is 0 Å². The maximum Gasteiger partial charge on any atom is 1.00 e. The van der Waals surface area contributed by atoms with E-state index >= 15 is 0 Å². The fourth-order valence-electron chi connectivity index (χ4n) is 0.325. The Morgan fingerprint density at radius 2 is 2.08 bits per heavy atom. The van der Waals surface area contributed by atoms with E-state index in [1.165, 1.54) is 12.2 Å². The van der Waals surface area contributed by atoms with Gasteiger partial charge in [-0.3, -0.25) is 4.57 Å². The minimum absolute atomic E-state index is 0. The number of hydrogen-bond acceptors (Lipinski definition) is 4. The second kappa shape index (κ2) is 8.57. The van der Waals surface area contributed by atoms with Crippen molar-refractivity contribution in [2.24, 2.45) is 0 Å². The second-order valence-electron chi connectivity index (χ2n) is 1.62. The van der Waals surface area contributed by atoms with Crippen LogP contribution < -0.4 is 34.5 Å². The maximum absolute atomic E-state index is 10.8. The summed E-state index contributed by atoms with van der Waals surface area (Å²) in [5.41, 5.74) is 0. The van der Waals surface area contributed by atoms with Crippen LogP contribution in [0.4, 0.5) is 0 Å². The predicted octanol–water partition coefficient (Wildman–Crippen LogP) is -1.42. The van der Waals surface area contributed by atoms with Gasteiger partial charge in [0.2, 0.25) is 0 Å². The summed E-state index contributed by atoms with van der Waals surface area (Å²) in [6.07, 6.45) is 2.89. The van der Waals surface area contributed by atoms with Crippen molar-refractivity contribution in [2.75, 3.05) is 12.4 Å². The molecule has 0 aromatic heterocycles. The summed E-state index contributed by atoms with van der Waals surface area (Å²) in [5, 5.41) is 0. The van der Waals surface area contributed by atoms with Crippen molar-refractivity contribution in [3.63, 3.8) is 0 Å². The van der Waals surface area contributed by atoms with Crippen LogP contribution in [0.1, 0.15) is 0 Å². The van der Waals surface area contributed by atoms with E-state index in [9.17, 15) is 9.46 Å². The molecule has 0 bridgehead atoms. The van der Waals surface area contributed by atoms with E-state index in [-0.39, 0.29) is 36.2 Å². The topological polar surface area (TPSA) is 49.4 Å². The standard InChI is InChI=1S/C6H11O3PS.Na/c1-3-5-9-10(7,8)11-6-4-2;/h3-4H,1-2,5-6H2,(H,7,8);/q;+1/p-1. The number of rotatable bonds is 6. The second-order valence-corrected chi connectivity index (χ2v) is 5.48. The molecule has 3 nitrogen and oxygen atoms in total. The molecule has 0 spiro atoms. The fourth-order valence-corrected chi connectivity index (χ4v) is 2.25. The van der Waals surface area contributed by atoms with Crippen LogP contribution in [0, 0.1) is 0 Å². The minimum atomic E-state index is -3.70. The van der Waals surface area contributed by atoms with Crippen LogP contribution in [0.5, 0.6) is 0 Å². The molecule has 0 radical (unpaired) electrons. The summed E-state index contributed by atoms with van der Waals surface area (Å²) in [6.45, 7) is 3.05. The van der Waals surface area contributed by atoms with Gasteiger partial charge in [0, 0.05) is 5.75 Å². The molecule has 0 aromatic rings. The zero-order valence-corrected chi connectivity index (χ0v) is 10.8. The third-order valence-electron chi connectivity index (χ3n) is 0.701. The molecule has 0 aliphatic heterocycles. The molecule has 0 saturated heterocycles. The van der Waals surface area contributed by atoms with Gasteiger partial charge in [-0.2, -0.15) is 0 Å². The monoisotopic (exact) mass is 216 g/mol. The Balaban J connectivity index is 0. The third kappa shape index (κ3) is 9.07. The Morgan fingerprint density at radius 3 is 2.50 bits per heavy atom. The number of hydrogen-bond donors (Lipinski definition) is 0. The molecule has 0 aliphatic rings. The molecule has 0 aliphatic carbocycles. The molecule has 64 valence electrons. The summed E-state index contributed by atoms with van der Waals surface area (Å²) in [4.78, 5) is 10.8. The van der Waals surface area contributed by atoms with E-state index < -0.39 is 6.80 Å². The summed E-state index contributed by atoms with van der Waals surface area (Å²) in [6, 6.07) is 0. The van der Waals surface area contributed by atoms with Gasteiger partial charge >= 0.3 is 29.6 Å². The van der Waals surface area contributed by atoms with Gasteiger partial charge in [0.05, 0.1) is 6.61 Å². The average molecular weight is 216 g/mol. The van der Waals surface area contributed by atoms with Gasteiger partial charge in [-0.1, -0.05) is 23.5 Å². The third-order valence-corrected chi connectivity index (χ3v) is 3.58. The summed E-state index contributed by atoms with van der Waals surface area (Å²) in [5.74, 6) is 0.345. The van der Waals surface area contributed by atoms with Gasteiger partial charge in [-0.15, -0.1) is 13.2 Å². The molecule has 1 unspecified atom stereocenters. The van der Waals surface area contributed by atoms with Gasteiger partial charge < -0.3 is 9.42 Å². The molecule has 0 heterocycles. The van der Waals surface area contributed by atoms with Gasteiger partial charge in [-0.25, -0.2) is 0 Å². The SMILES string of the molecule is C=CCOP(=O)([O-])SCC=C.[Na+]. The van der Waals surface area contributed by atoms with Crippen molar-refractivity contribution in [3.8, 4) is 0 Å². The first-order valence-corrected chi connectivity index (χ1v) is 6.07. The van der Waals surface area contributed by atoms with E-state index in [0.29, 0.717) is 5.75 Å². The molecular weight excluding hydrogens is 206 g/mol. The van der Waals surface area contributed by atoms with Crippen molar-refractivity contribution in [1.29, 1.82) is 0 Å². The van der Waals surface area contributed by atoms with Crippen molar-refractivity contribution in [3.05, 3.63) is 25.3 Å². The Morgan fingerprint density at radius 1 is 1.50 bits per heavy atom. The largest absolute Gasteiger partial charge is 1.00 e. The van der Waals surface area contributed by atoms with Crippen molar-refractivity contribution in [1.82, 2.24) is 0 Å². The van der Waals surface area contributed by atoms with Crippen molar-refractivity contribution in [2.45, 2.75) is 0 Å². The smallest absolute Gasteiger partial charge is 0.770 e. The summed E-state index contributed by atoms with van der Waals surface area (Å²) >= 11 is 0.731. The quantitative estimate of drug-likeness (QED) is 0.310. The Bertz CT molecular complexity index is 170. The van der Waals surface area contributed by atoms with Gasteiger partial charge in [0.25, 0.3) is 0 Å². The van der Waals surface area contributed by atoms with E-state index in [4.69, 9.17) is 0 Å². The first-order valence-electron chi connectivity index (χ1n) is 2.94. The fraction of sp³-hybridized carbons (Fsp3) is 0.333. The maximum atomic E-state index is 10.8. The normalized spacial score (nSPS) is 14.1. The first kappa shape index (κ1) is 15.5. The zero-order valence-electron chi connectivity index (χ0n) is 7.06. The van der Waals surface area contributed by atoms with Gasteiger partial charge in [-0.05, 0) is 0 Å². The first-order chi connectivity index (χ1) is 5.12.